The van der Waals surface area contributed by atoms with E-state index in [2.05, 4.69) is 34.3 Å². The van der Waals surface area contributed by atoms with Crippen LogP contribution in [0.25, 0.3) is 0 Å². The van der Waals surface area contributed by atoms with Crippen molar-refractivity contribution >= 4 is 0 Å². The fourth-order valence-electron chi connectivity index (χ4n) is 2.53. The molecule has 0 amide bonds. The average molecular weight is 289 g/mol. The zero-order chi connectivity index (χ0) is 14.7. The molecule has 0 saturated heterocycles. The van der Waals surface area contributed by atoms with Gasteiger partial charge in [-0.15, -0.1) is 0 Å². The molecule has 1 aliphatic rings. The number of hydrogen-bond acceptors (Lipinski definition) is 2. The zero-order valence-corrected chi connectivity index (χ0v) is 11.5. The molecule has 0 spiro atoms. The third-order valence-corrected chi connectivity index (χ3v) is 3.74. The topological polar surface area (TPSA) is 21.3 Å². The minimum Gasteiger partial charge on any atom is -0.435 e. The molecule has 1 saturated carbocycles. The second-order valence-electron chi connectivity index (χ2n) is 5.26. The van der Waals surface area contributed by atoms with E-state index in [9.17, 15) is 8.78 Å². The van der Waals surface area contributed by atoms with Crippen LogP contribution < -0.4 is 10.1 Å². The lowest BCUT2D eigenvalue weighted by Gasteiger charge is -2.07. The largest absolute Gasteiger partial charge is 0.435 e. The van der Waals surface area contributed by atoms with E-state index < -0.39 is 6.61 Å². The molecule has 2 unspecified atom stereocenters. The Morgan fingerprint density at radius 2 is 1.76 bits per heavy atom. The summed E-state index contributed by atoms with van der Waals surface area (Å²) in [6.45, 7) is -2.03. The Kier molecular flexibility index (Phi) is 4.15. The van der Waals surface area contributed by atoms with Gasteiger partial charge >= 0.3 is 6.61 Å². The van der Waals surface area contributed by atoms with E-state index in [-0.39, 0.29) is 5.75 Å². The average Bonchev–Trinajstić information content (AvgIpc) is 3.27. The second kappa shape index (κ2) is 6.22. The van der Waals surface area contributed by atoms with E-state index in [1.807, 2.05) is 18.2 Å². The number of ether oxygens (including phenoxy) is 1. The van der Waals surface area contributed by atoms with Gasteiger partial charge in [0.15, 0.2) is 0 Å². The van der Waals surface area contributed by atoms with Gasteiger partial charge in [-0.3, -0.25) is 0 Å². The molecule has 1 N–H and O–H groups in total. The number of hydrogen-bond donors (Lipinski definition) is 1. The van der Waals surface area contributed by atoms with Crippen LogP contribution in [-0.4, -0.2) is 12.7 Å². The van der Waals surface area contributed by atoms with Gasteiger partial charge in [0.25, 0.3) is 0 Å². The van der Waals surface area contributed by atoms with Gasteiger partial charge in [-0.05, 0) is 29.7 Å². The van der Waals surface area contributed by atoms with Crippen LogP contribution in [0.1, 0.15) is 23.5 Å². The summed E-state index contributed by atoms with van der Waals surface area (Å²) in [7, 11) is 0. The van der Waals surface area contributed by atoms with Gasteiger partial charge in [0.1, 0.15) is 5.75 Å². The predicted octanol–water partition coefficient (Wildman–Crippen LogP) is 3.93. The minimum atomic E-state index is -2.77. The number of alkyl halides is 2. The van der Waals surface area contributed by atoms with Crippen molar-refractivity contribution in [1.82, 2.24) is 5.32 Å². The Bertz CT molecular complexity index is 571. The van der Waals surface area contributed by atoms with Crippen molar-refractivity contribution in [2.45, 2.75) is 31.5 Å². The molecule has 0 aromatic heterocycles. The molecule has 0 bridgehead atoms. The molecule has 2 atom stereocenters. The first-order chi connectivity index (χ1) is 10.2. The molecule has 0 aliphatic heterocycles. The molecular formula is C17H17F2NO. The Balaban J connectivity index is 1.48. The zero-order valence-electron chi connectivity index (χ0n) is 11.5. The lowest BCUT2D eigenvalue weighted by molar-refractivity contribution is -0.0498. The summed E-state index contributed by atoms with van der Waals surface area (Å²) in [6.07, 6.45) is 1.15. The summed E-state index contributed by atoms with van der Waals surface area (Å²) in [5.74, 6) is 0.787. The molecule has 0 radical (unpaired) electrons. The fraction of sp³-hybridized carbons (Fsp3) is 0.294. The lowest BCUT2D eigenvalue weighted by atomic mass is 10.1. The maximum Gasteiger partial charge on any atom is 0.387 e. The summed E-state index contributed by atoms with van der Waals surface area (Å²) in [6, 6.07) is 17.7. The maximum absolute atomic E-state index is 12.1. The quantitative estimate of drug-likeness (QED) is 0.870. The highest BCUT2D eigenvalue weighted by atomic mass is 19.3. The van der Waals surface area contributed by atoms with Crippen molar-refractivity contribution < 1.29 is 13.5 Å². The normalized spacial score (nSPS) is 20.5. The Morgan fingerprint density at radius 1 is 1.05 bits per heavy atom. The van der Waals surface area contributed by atoms with E-state index >= 15 is 0 Å². The van der Waals surface area contributed by atoms with Gasteiger partial charge in [-0.25, -0.2) is 0 Å². The Hall–Kier alpha value is -1.94. The van der Waals surface area contributed by atoms with Crippen LogP contribution in [0.3, 0.4) is 0 Å². The first kappa shape index (κ1) is 14.0. The summed E-state index contributed by atoms with van der Waals surface area (Å²) in [5.41, 5.74) is 2.44. The van der Waals surface area contributed by atoms with Crippen molar-refractivity contribution in [1.29, 1.82) is 0 Å². The molecule has 3 rings (SSSR count). The standard InChI is InChI=1S/C17H17F2NO/c18-17(19)21-14-8-6-12(7-9-14)11-20-16-10-15(16)13-4-2-1-3-5-13/h1-9,15-17,20H,10-11H2. The number of nitrogens with one attached hydrogen (secondary N) is 1. The lowest BCUT2D eigenvalue weighted by Crippen LogP contribution is -2.17. The van der Waals surface area contributed by atoms with Gasteiger partial charge in [0, 0.05) is 18.5 Å². The highest BCUT2D eigenvalue weighted by molar-refractivity contribution is 5.29. The van der Waals surface area contributed by atoms with Crippen LogP contribution >= 0.6 is 0 Å². The molecule has 0 heterocycles. The predicted molar refractivity (Wildman–Crippen MR) is 77.5 cm³/mol. The van der Waals surface area contributed by atoms with Crippen LogP contribution in [-0.2, 0) is 6.54 Å². The van der Waals surface area contributed by atoms with Crippen molar-refractivity contribution in [3.63, 3.8) is 0 Å². The van der Waals surface area contributed by atoms with Crippen LogP contribution in [0.4, 0.5) is 8.78 Å². The minimum absolute atomic E-state index is 0.197. The van der Waals surface area contributed by atoms with E-state index in [1.54, 1.807) is 12.1 Å². The van der Waals surface area contributed by atoms with Crippen molar-refractivity contribution in [3.8, 4) is 5.75 Å². The molecule has 2 nitrogen and oxygen atoms in total. The van der Waals surface area contributed by atoms with Crippen molar-refractivity contribution in [2.75, 3.05) is 0 Å². The summed E-state index contributed by atoms with van der Waals surface area (Å²) < 4.78 is 28.4. The summed E-state index contributed by atoms with van der Waals surface area (Å²) >= 11 is 0. The molecule has 21 heavy (non-hydrogen) atoms. The molecule has 110 valence electrons. The van der Waals surface area contributed by atoms with Crippen molar-refractivity contribution in [2.24, 2.45) is 0 Å². The molecule has 4 heteroatoms. The summed E-state index contributed by atoms with van der Waals surface area (Å²) in [4.78, 5) is 0. The SMILES string of the molecule is FC(F)Oc1ccc(CNC2CC2c2ccccc2)cc1. The van der Waals surface area contributed by atoms with Gasteiger partial charge in [0.2, 0.25) is 0 Å². The van der Waals surface area contributed by atoms with Gasteiger partial charge < -0.3 is 10.1 Å². The molecule has 2 aromatic rings. The highest BCUT2D eigenvalue weighted by Crippen LogP contribution is 2.40. The van der Waals surface area contributed by atoms with E-state index in [1.165, 1.54) is 5.56 Å². The number of benzene rings is 2. The van der Waals surface area contributed by atoms with E-state index in [0.29, 0.717) is 12.0 Å². The monoisotopic (exact) mass is 289 g/mol. The van der Waals surface area contributed by atoms with Gasteiger partial charge in [-0.1, -0.05) is 42.5 Å². The first-order valence-corrected chi connectivity index (χ1v) is 7.04. The smallest absolute Gasteiger partial charge is 0.387 e. The van der Waals surface area contributed by atoms with Crippen LogP contribution in [0.5, 0.6) is 5.75 Å². The summed E-state index contributed by atoms with van der Waals surface area (Å²) in [5, 5.41) is 3.49. The van der Waals surface area contributed by atoms with Gasteiger partial charge in [-0.2, -0.15) is 8.78 Å². The van der Waals surface area contributed by atoms with E-state index in [0.717, 1.165) is 18.5 Å². The Labute approximate surface area is 122 Å². The van der Waals surface area contributed by atoms with Gasteiger partial charge in [0.05, 0.1) is 0 Å². The first-order valence-electron chi connectivity index (χ1n) is 7.04. The third-order valence-electron chi connectivity index (χ3n) is 3.74. The molecule has 1 fully saturated rings. The fourth-order valence-corrected chi connectivity index (χ4v) is 2.53. The van der Waals surface area contributed by atoms with Crippen LogP contribution in [0, 0.1) is 0 Å². The number of rotatable bonds is 6. The molecule has 2 aromatic carbocycles. The number of halogens is 2. The van der Waals surface area contributed by atoms with Crippen LogP contribution in [0.15, 0.2) is 54.6 Å². The van der Waals surface area contributed by atoms with Crippen LogP contribution in [0.2, 0.25) is 0 Å². The molecule has 1 aliphatic carbocycles. The second-order valence-corrected chi connectivity index (χ2v) is 5.26. The van der Waals surface area contributed by atoms with Crippen molar-refractivity contribution in [3.05, 3.63) is 65.7 Å². The Morgan fingerprint density at radius 3 is 2.43 bits per heavy atom. The maximum atomic E-state index is 12.1. The van der Waals surface area contributed by atoms with E-state index in [4.69, 9.17) is 0 Å². The molecular weight excluding hydrogens is 272 g/mol. The highest BCUT2D eigenvalue weighted by Gasteiger charge is 2.37. The third kappa shape index (κ3) is 3.79.